The largest absolute Gasteiger partial charge is 0.336 e. The van der Waals surface area contributed by atoms with Crippen molar-refractivity contribution < 1.29 is 9.59 Å². The molecule has 3 rings (SSSR count). The molecule has 136 valence electrons. The van der Waals surface area contributed by atoms with Gasteiger partial charge in [0.25, 0.3) is 0 Å². The third-order valence-corrected chi connectivity index (χ3v) is 5.73. The van der Waals surface area contributed by atoms with Gasteiger partial charge in [0.05, 0.1) is 6.04 Å². The molecule has 1 N–H and O–H groups in total. The highest BCUT2D eigenvalue weighted by molar-refractivity contribution is 5.80. The topological polar surface area (TPSA) is 59.1 Å². The first-order valence-corrected chi connectivity index (χ1v) is 9.13. The van der Waals surface area contributed by atoms with Crippen molar-refractivity contribution in [1.82, 2.24) is 24.9 Å². The van der Waals surface area contributed by atoms with Crippen LogP contribution in [0.5, 0.6) is 0 Å². The van der Waals surface area contributed by atoms with Crippen molar-refractivity contribution >= 4 is 11.9 Å². The molecule has 0 aromatic carbocycles. The Morgan fingerprint density at radius 3 is 2.42 bits per heavy atom. The molecule has 24 heavy (non-hydrogen) atoms. The Kier molecular flexibility index (Phi) is 5.01. The van der Waals surface area contributed by atoms with Crippen LogP contribution in [0.2, 0.25) is 0 Å². The maximum Gasteiger partial charge on any atom is 0.317 e. The van der Waals surface area contributed by atoms with Gasteiger partial charge in [0.1, 0.15) is 0 Å². The lowest BCUT2D eigenvalue weighted by Gasteiger charge is -2.45. The smallest absolute Gasteiger partial charge is 0.317 e. The summed E-state index contributed by atoms with van der Waals surface area (Å²) in [6.07, 6.45) is 1.63. The normalized spacial score (nSPS) is 24.4. The molecule has 0 unspecified atom stereocenters. The van der Waals surface area contributed by atoms with E-state index < -0.39 is 0 Å². The summed E-state index contributed by atoms with van der Waals surface area (Å²) in [5, 5.41) is 3.08. The lowest BCUT2D eigenvalue weighted by molar-refractivity contribution is -0.132. The van der Waals surface area contributed by atoms with Gasteiger partial charge < -0.3 is 20.0 Å². The lowest BCUT2D eigenvalue weighted by Crippen LogP contribution is -2.64. The van der Waals surface area contributed by atoms with Crippen molar-refractivity contribution in [1.29, 1.82) is 0 Å². The van der Waals surface area contributed by atoms with Gasteiger partial charge in [-0.3, -0.25) is 9.69 Å². The fraction of sp³-hybridized carbons (Fsp3) is 0.882. The van der Waals surface area contributed by atoms with Gasteiger partial charge in [0, 0.05) is 64.3 Å². The molecule has 3 amide bonds. The van der Waals surface area contributed by atoms with Crippen LogP contribution in [0.3, 0.4) is 0 Å². The Bertz CT molecular complexity index is 481. The molecule has 3 fully saturated rings. The fourth-order valence-corrected chi connectivity index (χ4v) is 3.80. The zero-order valence-electron chi connectivity index (χ0n) is 15.3. The summed E-state index contributed by atoms with van der Waals surface area (Å²) in [6.45, 7) is 11.5. The Morgan fingerprint density at radius 2 is 1.83 bits per heavy atom. The Morgan fingerprint density at radius 1 is 1.17 bits per heavy atom. The molecule has 0 bridgehead atoms. The summed E-state index contributed by atoms with van der Waals surface area (Å²) in [5.41, 5.74) is -0.0356. The zero-order valence-corrected chi connectivity index (χ0v) is 15.3. The highest BCUT2D eigenvalue weighted by Crippen LogP contribution is 2.21. The summed E-state index contributed by atoms with van der Waals surface area (Å²) in [4.78, 5) is 32.6. The second kappa shape index (κ2) is 6.88. The predicted octanol–water partition coefficient (Wildman–Crippen LogP) is 0.0286. The highest BCUT2D eigenvalue weighted by Gasteiger charge is 2.39. The van der Waals surface area contributed by atoms with E-state index in [1.807, 2.05) is 9.80 Å². The van der Waals surface area contributed by atoms with Gasteiger partial charge in [-0.15, -0.1) is 0 Å². The maximum atomic E-state index is 12.3. The van der Waals surface area contributed by atoms with Crippen molar-refractivity contribution in [2.75, 3.05) is 59.4 Å². The predicted molar refractivity (Wildman–Crippen MR) is 92.9 cm³/mol. The minimum Gasteiger partial charge on any atom is -0.336 e. The quantitative estimate of drug-likeness (QED) is 0.786. The van der Waals surface area contributed by atoms with Gasteiger partial charge in [-0.2, -0.15) is 0 Å². The molecular formula is C17H31N5O2. The number of carbonyl (C=O) groups is 2. The van der Waals surface area contributed by atoms with Crippen molar-refractivity contribution in [3.63, 3.8) is 0 Å². The van der Waals surface area contributed by atoms with Crippen LogP contribution in [0.15, 0.2) is 0 Å². The van der Waals surface area contributed by atoms with Gasteiger partial charge in [0.15, 0.2) is 0 Å². The van der Waals surface area contributed by atoms with Crippen LogP contribution < -0.4 is 5.32 Å². The minimum atomic E-state index is -0.0356. The molecule has 3 aliphatic heterocycles. The highest BCUT2D eigenvalue weighted by atomic mass is 16.2. The maximum absolute atomic E-state index is 12.3. The third-order valence-electron chi connectivity index (χ3n) is 5.73. The Hall–Kier alpha value is -1.34. The number of likely N-dealkylation sites (N-methyl/N-ethyl adjacent to an activating group) is 1. The third kappa shape index (κ3) is 3.67. The van der Waals surface area contributed by atoms with E-state index in [1.165, 1.54) is 0 Å². The summed E-state index contributed by atoms with van der Waals surface area (Å²) in [5.74, 6) is 0.247. The average Bonchev–Trinajstić information content (AvgIpc) is 2.90. The minimum absolute atomic E-state index is 0.0000911. The molecule has 7 nitrogen and oxygen atoms in total. The van der Waals surface area contributed by atoms with Gasteiger partial charge in [-0.05, 0) is 27.3 Å². The van der Waals surface area contributed by atoms with Crippen LogP contribution in [0, 0.1) is 0 Å². The van der Waals surface area contributed by atoms with Crippen LogP contribution in [-0.2, 0) is 4.79 Å². The van der Waals surface area contributed by atoms with Gasteiger partial charge in [-0.1, -0.05) is 0 Å². The Labute approximate surface area is 144 Å². The van der Waals surface area contributed by atoms with Crippen LogP contribution in [0.25, 0.3) is 0 Å². The van der Waals surface area contributed by atoms with Crippen LogP contribution in [-0.4, -0.2) is 103 Å². The molecule has 0 atom stereocenters. The molecule has 3 heterocycles. The number of amides is 3. The van der Waals surface area contributed by atoms with E-state index in [0.717, 1.165) is 39.1 Å². The zero-order chi connectivity index (χ0) is 17.3. The molecule has 7 heteroatoms. The lowest BCUT2D eigenvalue weighted by atomic mass is 10.0. The molecule has 0 saturated carbocycles. The number of carbonyl (C=O) groups excluding carboxylic acids is 2. The summed E-state index contributed by atoms with van der Waals surface area (Å²) in [7, 11) is 2.15. The van der Waals surface area contributed by atoms with Crippen molar-refractivity contribution in [2.45, 2.75) is 38.3 Å². The fourth-order valence-electron chi connectivity index (χ4n) is 3.80. The van der Waals surface area contributed by atoms with Crippen molar-refractivity contribution in [3.8, 4) is 0 Å². The number of hydrogen-bond acceptors (Lipinski definition) is 4. The summed E-state index contributed by atoms with van der Waals surface area (Å²) >= 11 is 0. The number of nitrogens with one attached hydrogen (secondary N) is 1. The van der Waals surface area contributed by atoms with Crippen molar-refractivity contribution in [3.05, 3.63) is 0 Å². The standard InChI is InChI=1S/C17H31N5O2/c1-17(2,21-9-7-19(3)8-10-21)13-18-16(24)20-11-14(12-20)22-6-4-5-15(22)23/h14H,4-13H2,1-3H3,(H,18,24). The molecule has 0 spiro atoms. The number of rotatable bonds is 4. The molecule has 0 radical (unpaired) electrons. The van der Waals surface area contributed by atoms with E-state index in [1.54, 1.807) is 0 Å². The molecule has 3 aliphatic rings. The average molecular weight is 337 g/mol. The van der Waals surface area contributed by atoms with Gasteiger partial charge >= 0.3 is 6.03 Å². The van der Waals surface area contributed by atoms with Crippen LogP contribution >= 0.6 is 0 Å². The molecule has 0 aromatic rings. The molecule has 0 aliphatic carbocycles. The summed E-state index contributed by atoms with van der Waals surface area (Å²) in [6, 6.07) is 0.233. The molecule has 3 saturated heterocycles. The van der Waals surface area contributed by atoms with E-state index in [2.05, 4.69) is 36.0 Å². The monoisotopic (exact) mass is 337 g/mol. The van der Waals surface area contributed by atoms with E-state index in [0.29, 0.717) is 26.1 Å². The molecular weight excluding hydrogens is 306 g/mol. The first-order chi connectivity index (χ1) is 11.4. The number of piperazine rings is 1. The second-order valence-corrected chi connectivity index (χ2v) is 8.01. The van der Waals surface area contributed by atoms with Crippen LogP contribution in [0.4, 0.5) is 4.79 Å². The Balaban J connectivity index is 1.40. The number of likely N-dealkylation sites (tertiary alicyclic amines) is 2. The van der Waals surface area contributed by atoms with Crippen molar-refractivity contribution in [2.24, 2.45) is 0 Å². The van der Waals surface area contributed by atoms with Gasteiger partial charge in [0.2, 0.25) is 5.91 Å². The van der Waals surface area contributed by atoms with E-state index in [9.17, 15) is 9.59 Å². The summed E-state index contributed by atoms with van der Waals surface area (Å²) < 4.78 is 0. The van der Waals surface area contributed by atoms with Crippen LogP contribution in [0.1, 0.15) is 26.7 Å². The van der Waals surface area contributed by atoms with E-state index in [4.69, 9.17) is 0 Å². The first-order valence-electron chi connectivity index (χ1n) is 9.13. The SMILES string of the molecule is CN1CCN(C(C)(C)CNC(=O)N2CC(N3CCCC3=O)C2)CC1. The molecule has 0 aromatic heterocycles. The first kappa shape index (κ1) is 17.5. The number of nitrogens with zero attached hydrogens (tertiary/aromatic N) is 4. The van der Waals surface area contributed by atoms with Gasteiger partial charge in [-0.25, -0.2) is 4.79 Å². The second-order valence-electron chi connectivity index (χ2n) is 8.01. The van der Waals surface area contributed by atoms with E-state index in [-0.39, 0.29) is 23.5 Å². The number of urea groups is 1. The van der Waals surface area contributed by atoms with E-state index >= 15 is 0 Å². The number of hydrogen-bond donors (Lipinski definition) is 1.